The van der Waals surface area contributed by atoms with Crippen LogP contribution in [0.4, 0.5) is 0 Å². The molecule has 30 heavy (non-hydrogen) atoms. The Morgan fingerprint density at radius 2 is 1.40 bits per heavy atom. The van der Waals surface area contributed by atoms with Gasteiger partial charge in [0.25, 0.3) is 6.47 Å². The Kier molecular flexibility index (Phi) is 38.2. The Morgan fingerprint density at radius 3 is 1.50 bits per heavy atom. The Labute approximate surface area is 242 Å². The van der Waals surface area contributed by atoms with Crippen molar-refractivity contribution < 1.29 is 104 Å². The van der Waals surface area contributed by atoms with Crippen LogP contribution in [-0.4, -0.2) is 65.3 Å². The molecule has 0 aliphatic heterocycles. The van der Waals surface area contributed by atoms with Gasteiger partial charge in [-0.15, -0.1) is 0 Å². The summed E-state index contributed by atoms with van der Waals surface area (Å²) in [6.45, 7) is 7.22. The first-order chi connectivity index (χ1) is 12.4. The minimum absolute atomic E-state index is 0. The van der Waals surface area contributed by atoms with Gasteiger partial charge in [0.2, 0.25) is 0 Å². The molecule has 0 unspecified atom stereocenters. The van der Waals surface area contributed by atoms with Gasteiger partial charge < -0.3 is 21.8 Å². The molecule has 16 heteroatoms. The summed E-state index contributed by atoms with van der Waals surface area (Å²) in [6.07, 6.45) is 5.00. The molecule has 2 N–H and O–H groups in total. The van der Waals surface area contributed by atoms with Crippen molar-refractivity contribution in [1.29, 1.82) is 0 Å². The minimum Gasteiger partial charge on any atom is -1.00 e. The third-order valence-corrected chi connectivity index (χ3v) is 7.01. The van der Waals surface area contributed by atoms with Crippen LogP contribution in [0.2, 0.25) is 0 Å². The Hall–Kier alpha value is 1.72. The molecule has 0 fully saturated rings. The van der Waals surface area contributed by atoms with E-state index in [0.717, 1.165) is 10.8 Å². The van der Waals surface area contributed by atoms with E-state index in [4.69, 9.17) is 20.3 Å². The fourth-order valence-electron chi connectivity index (χ4n) is 0.989. The van der Waals surface area contributed by atoms with Gasteiger partial charge in [-0.1, -0.05) is 35.4 Å². The standard InChI is InChI=1S/C6H12O2S2.C5H10O2S.C2H6O2S2.CH2O3.2Na.H/c1-6(2,10-9-3)4-5(7)8;1-5(2,8)3-4(6)7;1-5-6(2,3)4;2-1-4-3;;;/h4H2,1-3H3,(H,7,8);8H,3H2,1-2H3,(H,6,7);1-2H3;1,3H;;;/q;;;;2*+1;-1/p-1. The van der Waals surface area contributed by atoms with Crippen molar-refractivity contribution in [2.24, 2.45) is 0 Å². The van der Waals surface area contributed by atoms with Crippen molar-refractivity contribution in [2.75, 3.05) is 18.8 Å². The average Bonchev–Trinajstić information content (AvgIpc) is 2.44. The number of carbonyl (C=O) groups is 3. The predicted molar refractivity (Wildman–Crippen MR) is 119 cm³/mol. The molecule has 0 radical (unpaired) electrons. The molecular formula is C14H30Na2O9S5. The second-order valence-corrected chi connectivity index (χ2v) is 14.9. The van der Waals surface area contributed by atoms with Crippen molar-refractivity contribution in [1.82, 2.24) is 0 Å². The van der Waals surface area contributed by atoms with Gasteiger partial charge in [-0.25, -0.2) is 8.42 Å². The zero-order chi connectivity index (χ0) is 23.6. The first kappa shape index (κ1) is 45.3. The van der Waals surface area contributed by atoms with Gasteiger partial charge in [0.05, 0.1) is 12.8 Å². The SMILES string of the molecule is CC(C)(S)CC(=O)O.CSS(C)(=O)=O.CSSC(C)(C)CC(=O)O.O=CO[O-].[H-].[Na+].[Na+]. The van der Waals surface area contributed by atoms with Crippen molar-refractivity contribution in [3.8, 4) is 0 Å². The van der Waals surface area contributed by atoms with Crippen LogP contribution in [0.5, 0.6) is 0 Å². The van der Waals surface area contributed by atoms with E-state index in [0.29, 0.717) is 0 Å². The minimum atomic E-state index is -2.75. The van der Waals surface area contributed by atoms with E-state index in [1.54, 1.807) is 35.4 Å². The van der Waals surface area contributed by atoms with Crippen LogP contribution in [0.25, 0.3) is 0 Å². The van der Waals surface area contributed by atoms with Gasteiger partial charge in [0, 0.05) is 15.7 Å². The van der Waals surface area contributed by atoms with E-state index in [9.17, 15) is 18.0 Å². The molecule has 0 aliphatic rings. The van der Waals surface area contributed by atoms with E-state index >= 15 is 0 Å². The molecule has 0 saturated heterocycles. The maximum Gasteiger partial charge on any atom is 1.00 e. The van der Waals surface area contributed by atoms with Crippen LogP contribution in [0.3, 0.4) is 0 Å². The summed E-state index contributed by atoms with van der Waals surface area (Å²) in [7, 11) is 1.31. The number of carbonyl (C=O) groups excluding carboxylic acids is 1. The van der Waals surface area contributed by atoms with Crippen molar-refractivity contribution >= 4 is 72.3 Å². The third-order valence-electron chi connectivity index (χ3n) is 1.81. The first-order valence-electron chi connectivity index (χ1n) is 7.23. The summed E-state index contributed by atoms with van der Waals surface area (Å²) in [5, 5.41) is 25.1. The number of rotatable bonds is 8. The molecule has 0 aromatic heterocycles. The summed E-state index contributed by atoms with van der Waals surface area (Å²) in [5.74, 6) is -1.53. The summed E-state index contributed by atoms with van der Waals surface area (Å²) >= 11 is 4.01. The molecule has 0 aromatic carbocycles. The fourth-order valence-corrected chi connectivity index (χ4v) is 3.29. The molecular weight excluding hydrogens is 518 g/mol. The molecule has 0 aromatic rings. The first-order valence-corrected chi connectivity index (χ1v) is 13.9. The summed E-state index contributed by atoms with van der Waals surface area (Å²) < 4.78 is 19.4. The number of aliphatic carboxylic acids is 2. The number of hydrogen-bond acceptors (Lipinski definition) is 11. The number of carboxylic acids is 2. The van der Waals surface area contributed by atoms with Crippen LogP contribution >= 0.6 is 45.0 Å². The quantitative estimate of drug-likeness (QED) is 0.0681. The molecule has 0 amide bonds. The van der Waals surface area contributed by atoms with Crippen LogP contribution < -0.4 is 64.4 Å². The molecule has 172 valence electrons. The smallest absolute Gasteiger partial charge is 1.00 e. The second-order valence-electron chi connectivity index (χ2n) is 6.03. The van der Waals surface area contributed by atoms with E-state index in [-0.39, 0.29) is 89.3 Å². The van der Waals surface area contributed by atoms with Crippen molar-refractivity contribution in [2.45, 2.75) is 50.0 Å². The predicted octanol–water partition coefficient (Wildman–Crippen LogP) is -3.72. The van der Waals surface area contributed by atoms with E-state index in [1.165, 1.54) is 12.5 Å². The van der Waals surface area contributed by atoms with Crippen LogP contribution in [-0.2, 0) is 28.1 Å². The molecule has 0 atom stereocenters. The Bertz CT molecular complexity index is 545. The maximum atomic E-state index is 10.3. The van der Waals surface area contributed by atoms with Crippen molar-refractivity contribution in [3.63, 3.8) is 0 Å². The van der Waals surface area contributed by atoms with Gasteiger partial charge in [0.1, 0.15) is 0 Å². The zero-order valence-electron chi connectivity index (χ0n) is 19.8. The van der Waals surface area contributed by atoms with E-state index in [1.807, 2.05) is 20.1 Å². The monoisotopic (exact) mass is 548 g/mol. The van der Waals surface area contributed by atoms with Crippen LogP contribution in [0, 0.1) is 0 Å². The molecule has 9 nitrogen and oxygen atoms in total. The van der Waals surface area contributed by atoms with Gasteiger partial charge in [-0.05, 0) is 37.2 Å². The molecule has 0 rings (SSSR count). The third kappa shape index (κ3) is 63.0. The largest absolute Gasteiger partial charge is 1.00 e. The molecule has 0 spiro atoms. The fraction of sp³-hybridized carbons (Fsp3) is 0.786. The van der Waals surface area contributed by atoms with E-state index < -0.39 is 20.8 Å². The number of hydrogen-bond donors (Lipinski definition) is 3. The Balaban J connectivity index is -0.0000000501. The molecule has 0 saturated carbocycles. The van der Waals surface area contributed by atoms with Gasteiger partial charge in [-0.3, -0.25) is 14.4 Å². The summed E-state index contributed by atoms with van der Waals surface area (Å²) in [6, 6.07) is 0. The van der Waals surface area contributed by atoms with Crippen LogP contribution in [0.1, 0.15) is 42.0 Å². The number of carboxylic acid groups (broad SMARTS) is 2. The van der Waals surface area contributed by atoms with Gasteiger partial charge in [0.15, 0.2) is 8.87 Å². The van der Waals surface area contributed by atoms with E-state index in [2.05, 4.69) is 17.5 Å². The number of thiol groups is 1. The zero-order valence-corrected chi connectivity index (χ0v) is 27.0. The molecule has 0 bridgehead atoms. The van der Waals surface area contributed by atoms with Gasteiger partial charge in [-0.2, -0.15) is 12.6 Å². The second kappa shape index (κ2) is 25.3. The maximum absolute atomic E-state index is 10.3. The van der Waals surface area contributed by atoms with Crippen molar-refractivity contribution in [3.05, 3.63) is 0 Å². The van der Waals surface area contributed by atoms with Crippen LogP contribution in [0.15, 0.2) is 0 Å². The molecule has 0 aliphatic carbocycles. The normalized spacial score (nSPS) is 9.90. The molecule has 0 heterocycles. The van der Waals surface area contributed by atoms with Gasteiger partial charge >= 0.3 is 71.1 Å². The topological polar surface area (TPSA) is 158 Å². The average molecular weight is 549 g/mol. The Morgan fingerprint density at radius 1 is 1.10 bits per heavy atom. The summed E-state index contributed by atoms with van der Waals surface area (Å²) in [4.78, 5) is 31.5. The summed E-state index contributed by atoms with van der Waals surface area (Å²) in [5.41, 5.74) is 0.